The Morgan fingerprint density at radius 2 is 2.08 bits per heavy atom. The van der Waals surface area contributed by atoms with E-state index in [2.05, 4.69) is 9.97 Å². The molecule has 6 nitrogen and oxygen atoms in total. The Kier molecular flexibility index (Phi) is 4.08. The van der Waals surface area contributed by atoms with Gasteiger partial charge in [-0.05, 0) is 12.5 Å². The van der Waals surface area contributed by atoms with Crippen molar-refractivity contribution >= 4 is 23.2 Å². The molecule has 4 rings (SSSR count). The molecule has 26 heavy (non-hydrogen) atoms. The zero-order valence-corrected chi connectivity index (χ0v) is 14.9. The minimum absolute atomic E-state index is 0.212. The van der Waals surface area contributed by atoms with E-state index in [0.717, 1.165) is 21.7 Å². The summed E-state index contributed by atoms with van der Waals surface area (Å²) in [6, 6.07) is 8.80. The number of carbonyl (C=O) groups is 2. The molecule has 1 aromatic carbocycles. The Morgan fingerprint density at radius 1 is 1.31 bits per heavy atom. The zero-order chi connectivity index (χ0) is 18.3. The van der Waals surface area contributed by atoms with E-state index in [1.807, 2.05) is 42.6 Å². The summed E-state index contributed by atoms with van der Waals surface area (Å²) in [5, 5.41) is 11.5. The summed E-state index contributed by atoms with van der Waals surface area (Å²) in [5.41, 5.74) is 3.89. The highest BCUT2D eigenvalue weighted by atomic mass is 32.1. The van der Waals surface area contributed by atoms with Crippen molar-refractivity contribution in [2.24, 2.45) is 0 Å². The monoisotopic (exact) mass is 367 g/mol. The third-order valence-electron chi connectivity index (χ3n) is 4.71. The summed E-state index contributed by atoms with van der Waals surface area (Å²) in [7, 11) is 0. The minimum atomic E-state index is -1.01. The average molecular weight is 367 g/mol. The van der Waals surface area contributed by atoms with E-state index in [-0.39, 0.29) is 18.9 Å². The normalized spacial score (nSPS) is 16.3. The summed E-state index contributed by atoms with van der Waals surface area (Å²) in [6.45, 7) is 2.19. The van der Waals surface area contributed by atoms with Crippen molar-refractivity contribution in [3.63, 3.8) is 0 Å². The number of nitrogens with one attached hydrogen (secondary N) is 1. The van der Waals surface area contributed by atoms with E-state index in [1.165, 1.54) is 16.2 Å². The maximum absolute atomic E-state index is 13.3. The third kappa shape index (κ3) is 2.70. The number of hydrogen-bond donors (Lipinski definition) is 2. The van der Waals surface area contributed by atoms with Gasteiger partial charge in [-0.1, -0.05) is 30.3 Å². The first-order valence-corrected chi connectivity index (χ1v) is 9.12. The maximum atomic E-state index is 13.3. The summed E-state index contributed by atoms with van der Waals surface area (Å²) in [5.74, 6) is -1.28. The molecular formula is C19H17N3O3S. The Labute approximate surface area is 154 Å². The molecule has 0 radical (unpaired) electrons. The number of imidazole rings is 1. The van der Waals surface area contributed by atoms with Gasteiger partial charge in [-0.15, -0.1) is 11.3 Å². The number of hydrogen-bond acceptors (Lipinski definition) is 4. The number of rotatable bonds is 3. The number of carboxylic acids is 1. The second kappa shape index (κ2) is 6.42. The molecule has 1 atom stereocenters. The minimum Gasteiger partial charge on any atom is -0.480 e. The smallest absolute Gasteiger partial charge is 0.326 e. The van der Waals surface area contributed by atoms with Gasteiger partial charge < -0.3 is 15.0 Å². The van der Waals surface area contributed by atoms with Crippen molar-refractivity contribution in [1.82, 2.24) is 14.9 Å². The van der Waals surface area contributed by atoms with Crippen LogP contribution >= 0.6 is 11.3 Å². The predicted molar refractivity (Wildman–Crippen MR) is 98.1 cm³/mol. The number of carboxylic acid groups (broad SMARTS) is 1. The molecule has 132 valence electrons. The van der Waals surface area contributed by atoms with E-state index in [1.54, 1.807) is 6.33 Å². The summed E-state index contributed by atoms with van der Waals surface area (Å²) in [6.07, 6.45) is 1.76. The van der Waals surface area contributed by atoms with Gasteiger partial charge in [-0.25, -0.2) is 9.78 Å². The lowest BCUT2D eigenvalue weighted by Gasteiger charge is -2.32. The predicted octanol–water partition coefficient (Wildman–Crippen LogP) is 3.10. The number of H-pyrrole nitrogens is 1. The number of aryl methyl sites for hydroxylation is 1. The molecule has 1 amide bonds. The highest BCUT2D eigenvalue weighted by molar-refractivity contribution is 7.10. The lowest BCUT2D eigenvalue weighted by atomic mass is 9.98. The largest absolute Gasteiger partial charge is 0.480 e. The van der Waals surface area contributed by atoms with Crippen molar-refractivity contribution in [2.75, 3.05) is 0 Å². The molecule has 0 spiro atoms. The fourth-order valence-corrected chi connectivity index (χ4v) is 4.26. The molecule has 1 aliphatic heterocycles. The van der Waals surface area contributed by atoms with E-state index < -0.39 is 12.0 Å². The third-order valence-corrected chi connectivity index (χ3v) is 5.62. The Morgan fingerprint density at radius 3 is 2.81 bits per heavy atom. The molecule has 0 aliphatic carbocycles. The SMILES string of the molecule is Cc1scc(C(=O)N2Cc3[nH]cnc3C[C@H]2C(=O)O)c1-c1ccccc1. The van der Waals surface area contributed by atoms with Crippen LogP contribution in [-0.2, 0) is 17.8 Å². The van der Waals surface area contributed by atoms with Crippen LogP contribution in [0, 0.1) is 6.92 Å². The van der Waals surface area contributed by atoms with Crippen molar-refractivity contribution in [1.29, 1.82) is 0 Å². The molecule has 0 fully saturated rings. The van der Waals surface area contributed by atoms with Crippen molar-refractivity contribution < 1.29 is 14.7 Å². The zero-order valence-electron chi connectivity index (χ0n) is 14.1. The fraction of sp³-hybridized carbons (Fsp3) is 0.211. The Bertz CT molecular complexity index is 977. The Hall–Kier alpha value is -2.93. The van der Waals surface area contributed by atoms with Crippen LogP contribution in [-0.4, -0.2) is 37.9 Å². The van der Waals surface area contributed by atoms with Crippen LogP contribution < -0.4 is 0 Å². The summed E-state index contributed by atoms with van der Waals surface area (Å²) >= 11 is 1.50. The van der Waals surface area contributed by atoms with Crippen molar-refractivity contribution in [3.05, 3.63) is 63.9 Å². The highest BCUT2D eigenvalue weighted by Gasteiger charge is 2.37. The van der Waals surface area contributed by atoms with Gasteiger partial charge in [0.25, 0.3) is 5.91 Å². The van der Waals surface area contributed by atoms with Gasteiger partial charge in [0.1, 0.15) is 6.04 Å². The quantitative estimate of drug-likeness (QED) is 0.745. The van der Waals surface area contributed by atoms with Gasteiger partial charge in [0.05, 0.1) is 29.8 Å². The van der Waals surface area contributed by atoms with E-state index in [9.17, 15) is 14.7 Å². The fourth-order valence-electron chi connectivity index (χ4n) is 3.40. The number of nitrogens with zero attached hydrogens (tertiary/aromatic N) is 2. The molecule has 3 aromatic rings. The van der Waals surface area contributed by atoms with E-state index in [0.29, 0.717) is 11.3 Å². The molecule has 1 aliphatic rings. The number of aliphatic carboxylic acids is 1. The van der Waals surface area contributed by atoms with Crippen LogP contribution in [0.15, 0.2) is 42.0 Å². The standard InChI is InChI=1S/C19H17N3O3S/c1-11-17(12-5-3-2-4-6-12)13(9-26-11)18(23)22-8-15-14(20-10-21-15)7-16(22)19(24)25/h2-6,9-10,16H,7-8H2,1H3,(H,20,21)(H,24,25)/t16-/m0/s1. The molecule has 7 heteroatoms. The van der Waals surface area contributed by atoms with Crippen LogP contribution in [0.25, 0.3) is 11.1 Å². The van der Waals surface area contributed by atoms with Gasteiger partial charge in [0.2, 0.25) is 0 Å². The number of carbonyl (C=O) groups excluding carboxylic acids is 1. The first kappa shape index (κ1) is 16.5. The molecule has 0 unspecified atom stereocenters. The number of amides is 1. The average Bonchev–Trinajstić information content (AvgIpc) is 3.26. The lowest BCUT2D eigenvalue weighted by molar-refractivity contribution is -0.142. The summed E-state index contributed by atoms with van der Waals surface area (Å²) < 4.78 is 0. The molecular weight excluding hydrogens is 350 g/mol. The maximum Gasteiger partial charge on any atom is 0.326 e. The van der Waals surface area contributed by atoms with Crippen molar-refractivity contribution in [3.8, 4) is 11.1 Å². The second-order valence-electron chi connectivity index (χ2n) is 6.27. The number of fused-ring (bicyclic) bond motifs is 1. The molecule has 0 saturated carbocycles. The van der Waals surface area contributed by atoms with E-state index >= 15 is 0 Å². The van der Waals surface area contributed by atoms with Gasteiger partial charge in [-0.2, -0.15) is 0 Å². The molecule has 3 heterocycles. The van der Waals surface area contributed by atoms with Gasteiger partial charge in [0.15, 0.2) is 0 Å². The number of thiophene rings is 1. The molecule has 0 saturated heterocycles. The molecule has 2 N–H and O–H groups in total. The van der Waals surface area contributed by atoms with E-state index in [4.69, 9.17) is 0 Å². The van der Waals surface area contributed by atoms with Crippen LogP contribution in [0.5, 0.6) is 0 Å². The van der Waals surface area contributed by atoms with Crippen LogP contribution in [0.2, 0.25) is 0 Å². The van der Waals surface area contributed by atoms with Crippen molar-refractivity contribution in [2.45, 2.75) is 25.9 Å². The van der Waals surface area contributed by atoms with Crippen LogP contribution in [0.4, 0.5) is 0 Å². The van der Waals surface area contributed by atoms with Gasteiger partial charge in [-0.3, -0.25) is 4.79 Å². The second-order valence-corrected chi connectivity index (χ2v) is 7.35. The highest BCUT2D eigenvalue weighted by Crippen LogP contribution is 2.34. The number of aromatic nitrogens is 2. The number of benzene rings is 1. The topological polar surface area (TPSA) is 86.3 Å². The van der Waals surface area contributed by atoms with Gasteiger partial charge >= 0.3 is 5.97 Å². The first-order valence-electron chi connectivity index (χ1n) is 8.24. The van der Waals surface area contributed by atoms with Gasteiger partial charge in [0, 0.05) is 22.2 Å². The molecule has 0 bridgehead atoms. The first-order chi connectivity index (χ1) is 12.6. The molecule has 2 aromatic heterocycles. The summed E-state index contributed by atoms with van der Waals surface area (Å²) in [4.78, 5) is 34.7. The Balaban J connectivity index is 1.75. The van der Waals surface area contributed by atoms with Crippen LogP contribution in [0.3, 0.4) is 0 Å². The lowest BCUT2D eigenvalue weighted by Crippen LogP contribution is -2.48. The number of aromatic amines is 1. The van der Waals surface area contributed by atoms with Crippen LogP contribution in [0.1, 0.15) is 26.6 Å².